The van der Waals surface area contributed by atoms with Crippen molar-refractivity contribution in [2.45, 2.75) is 24.7 Å². The summed E-state index contributed by atoms with van der Waals surface area (Å²) in [6.45, 7) is 0.510. The minimum absolute atomic E-state index is 0.0247. The predicted molar refractivity (Wildman–Crippen MR) is 62.1 cm³/mol. The van der Waals surface area contributed by atoms with E-state index in [2.05, 4.69) is 15.9 Å². The van der Waals surface area contributed by atoms with Gasteiger partial charge in [0.1, 0.15) is 0 Å². The molecule has 1 aromatic rings. The Morgan fingerprint density at radius 2 is 2.00 bits per heavy atom. The molecule has 1 aliphatic rings. The van der Waals surface area contributed by atoms with Crippen LogP contribution in [0.2, 0.25) is 0 Å². The first-order valence-electron chi connectivity index (χ1n) is 5.01. The third-order valence-electron chi connectivity index (χ3n) is 3.33. The smallest absolute Gasteiger partial charge is 0.161 e. The highest BCUT2D eigenvalue weighted by Crippen LogP contribution is 2.49. The Morgan fingerprint density at radius 1 is 1.33 bits per heavy atom. The van der Waals surface area contributed by atoms with E-state index >= 15 is 0 Å². The third kappa shape index (κ3) is 1.62. The lowest BCUT2D eigenvalue weighted by Crippen LogP contribution is -2.41. The van der Waals surface area contributed by atoms with E-state index in [9.17, 15) is 10.2 Å². The van der Waals surface area contributed by atoms with Gasteiger partial charge in [-0.05, 0) is 25.0 Å². The molecule has 4 heteroatoms. The van der Waals surface area contributed by atoms with Crippen LogP contribution in [-0.2, 0) is 5.41 Å². The molecule has 0 spiro atoms. The standard InChI is InChI=1S/C11H14BrNO2/c12-7-4-8(10(15)9(14)5-7)11(6-13)2-1-3-11/h4-5,14-15H,1-3,6,13H2. The topological polar surface area (TPSA) is 66.5 Å². The molecule has 0 saturated heterocycles. The van der Waals surface area contributed by atoms with Gasteiger partial charge in [-0.25, -0.2) is 0 Å². The summed E-state index contributed by atoms with van der Waals surface area (Å²) in [6, 6.07) is 3.34. The summed E-state index contributed by atoms with van der Waals surface area (Å²) < 4.78 is 0.771. The Hall–Kier alpha value is -0.740. The largest absolute Gasteiger partial charge is 0.504 e. The average molecular weight is 272 g/mol. The summed E-state index contributed by atoms with van der Waals surface area (Å²) in [6.07, 6.45) is 3.09. The number of nitrogens with two attached hydrogens (primary N) is 1. The summed E-state index contributed by atoms with van der Waals surface area (Å²) in [5.74, 6) is -0.109. The maximum absolute atomic E-state index is 9.83. The summed E-state index contributed by atoms with van der Waals surface area (Å²) in [4.78, 5) is 0. The van der Waals surface area contributed by atoms with Gasteiger partial charge < -0.3 is 15.9 Å². The molecule has 0 aliphatic heterocycles. The van der Waals surface area contributed by atoms with Crippen LogP contribution in [0.5, 0.6) is 11.5 Å². The number of hydrogen-bond donors (Lipinski definition) is 3. The molecule has 0 radical (unpaired) electrons. The SMILES string of the molecule is NCC1(c2cc(Br)cc(O)c2O)CCC1. The van der Waals surface area contributed by atoms with Crippen molar-refractivity contribution in [1.82, 2.24) is 0 Å². The fourth-order valence-corrected chi connectivity index (χ4v) is 2.62. The van der Waals surface area contributed by atoms with Crippen LogP contribution in [0.15, 0.2) is 16.6 Å². The van der Waals surface area contributed by atoms with Gasteiger partial charge in [0.2, 0.25) is 0 Å². The molecule has 4 N–H and O–H groups in total. The number of hydrogen-bond acceptors (Lipinski definition) is 3. The first-order valence-corrected chi connectivity index (χ1v) is 5.80. The number of phenols is 2. The van der Waals surface area contributed by atoms with E-state index in [1.165, 1.54) is 6.07 Å². The Labute approximate surface area is 97.0 Å². The maximum atomic E-state index is 9.83. The van der Waals surface area contributed by atoms with Crippen molar-refractivity contribution in [1.29, 1.82) is 0 Å². The molecule has 0 heterocycles. The molecule has 0 unspecified atom stereocenters. The van der Waals surface area contributed by atoms with Crippen molar-refractivity contribution in [3.05, 3.63) is 22.2 Å². The molecule has 1 aromatic carbocycles. The second-order valence-corrected chi connectivity index (χ2v) is 5.07. The maximum Gasteiger partial charge on any atom is 0.161 e. The van der Waals surface area contributed by atoms with Gasteiger partial charge in [-0.15, -0.1) is 0 Å². The number of phenolic OH excluding ortho intramolecular Hbond substituents is 2. The second-order valence-electron chi connectivity index (χ2n) is 4.16. The molecule has 0 atom stereocenters. The fraction of sp³-hybridized carbons (Fsp3) is 0.455. The van der Waals surface area contributed by atoms with Crippen molar-refractivity contribution in [3.63, 3.8) is 0 Å². The molecule has 15 heavy (non-hydrogen) atoms. The molecule has 3 nitrogen and oxygen atoms in total. The first kappa shape index (κ1) is 10.8. The number of halogens is 1. The van der Waals surface area contributed by atoms with Gasteiger partial charge >= 0.3 is 0 Å². The van der Waals surface area contributed by atoms with Crippen LogP contribution >= 0.6 is 15.9 Å². The van der Waals surface area contributed by atoms with Crippen LogP contribution in [0.25, 0.3) is 0 Å². The number of aromatic hydroxyl groups is 2. The first-order chi connectivity index (χ1) is 7.09. The predicted octanol–water partition coefficient (Wildman–Crippen LogP) is 2.24. The Morgan fingerprint density at radius 3 is 2.47 bits per heavy atom. The third-order valence-corrected chi connectivity index (χ3v) is 3.79. The summed E-state index contributed by atoms with van der Waals surface area (Å²) >= 11 is 3.31. The Kier molecular flexibility index (Phi) is 2.64. The van der Waals surface area contributed by atoms with Crippen LogP contribution in [0.4, 0.5) is 0 Å². The summed E-state index contributed by atoms with van der Waals surface area (Å²) in [7, 11) is 0. The van der Waals surface area contributed by atoms with Crippen LogP contribution in [0.3, 0.4) is 0 Å². The monoisotopic (exact) mass is 271 g/mol. The van der Waals surface area contributed by atoms with E-state index in [0.29, 0.717) is 6.54 Å². The van der Waals surface area contributed by atoms with Crippen molar-refractivity contribution in [3.8, 4) is 11.5 Å². The zero-order chi connectivity index (χ0) is 11.1. The van der Waals surface area contributed by atoms with Crippen molar-refractivity contribution < 1.29 is 10.2 Å². The van der Waals surface area contributed by atoms with E-state index in [0.717, 1.165) is 29.3 Å². The van der Waals surface area contributed by atoms with Crippen molar-refractivity contribution in [2.75, 3.05) is 6.54 Å². The highest BCUT2D eigenvalue weighted by molar-refractivity contribution is 9.10. The molecule has 0 amide bonds. The lowest BCUT2D eigenvalue weighted by atomic mass is 9.64. The van der Waals surface area contributed by atoms with E-state index in [1.807, 2.05) is 6.07 Å². The lowest BCUT2D eigenvalue weighted by Gasteiger charge is -2.41. The summed E-state index contributed by atoms with van der Waals surface area (Å²) in [5.41, 5.74) is 6.40. The number of rotatable bonds is 2. The van der Waals surface area contributed by atoms with Crippen LogP contribution < -0.4 is 5.73 Å². The zero-order valence-electron chi connectivity index (χ0n) is 8.33. The van der Waals surface area contributed by atoms with Crippen LogP contribution in [0, 0.1) is 0 Å². The van der Waals surface area contributed by atoms with Gasteiger partial charge in [0.25, 0.3) is 0 Å². The molecular formula is C11H14BrNO2. The minimum atomic E-state index is -0.134. The molecule has 2 rings (SSSR count). The van der Waals surface area contributed by atoms with Crippen LogP contribution in [-0.4, -0.2) is 16.8 Å². The molecule has 1 fully saturated rings. The zero-order valence-corrected chi connectivity index (χ0v) is 9.92. The highest BCUT2D eigenvalue weighted by Gasteiger charge is 2.40. The molecule has 1 saturated carbocycles. The van der Waals surface area contributed by atoms with Gasteiger partial charge in [-0.3, -0.25) is 0 Å². The molecule has 1 aliphatic carbocycles. The molecule has 0 bridgehead atoms. The lowest BCUT2D eigenvalue weighted by molar-refractivity contribution is 0.242. The Balaban J connectivity index is 2.51. The second kappa shape index (κ2) is 3.68. The van der Waals surface area contributed by atoms with Crippen LogP contribution in [0.1, 0.15) is 24.8 Å². The molecule has 0 aromatic heterocycles. The van der Waals surface area contributed by atoms with Gasteiger partial charge in [0.15, 0.2) is 11.5 Å². The fourth-order valence-electron chi connectivity index (χ4n) is 2.18. The van der Waals surface area contributed by atoms with E-state index in [-0.39, 0.29) is 16.9 Å². The van der Waals surface area contributed by atoms with Gasteiger partial charge in [0, 0.05) is 22.0 Å². The van der Waals surface area contributed by atoms with Gasteiger partial charge in [0.05, 0.1) is 0 Å². The quantitative estimate of drug-likeness (QED) is 0.723. The number of benzene rings is 1. The minimum Gasteiger partial charge on any atom is -0.504 e. The normalized spacial score (nSPS) is 18.5. The molecular weight excluding hydrogens is 258 g/mol. The van der Waals surface area contributed by atoms with Gasteiger partial charge in [-0.2, -0.15) is 0 Å². The average Bonchev–Trinajstić information content (AvgIpc) is 2.12. The highest BCUT2D eigenvalue weighted by atomic mass is 79.9. The van der Waals surface area contributed by atoms with E-state index < -0.39 is 0 Å². The Bertz CT molecular complexity index is 383. The molecule has 82 valence electrons. The van der Waals surface area contributed by atoms with Crippen molar-refractivity contribution >= 4 is 15.9 Å². The van der Waals surface area contributed by atoms with E-state index in [1.54, 1.807) is 0 Å². The van der Waals surface area contributed by atoms with E-state index in [4.69, 9.17) is 5.73 Å². The van der Waals surface area contributed by atoms with Gasteiger partial charge in [-0.1, -0.05) is 22.4 Å². The van der Waals surface area contributed by atoms with Crippen molar-refractivity contribution in [2.24, 2.45) is 5.73 Å². The summed E-state index contributed by atoms with van der Waals surface area (Å²) in [5, 5.41) is 19.4.